The minimum Gasteiger partial charge on any atom is -0.314 e. The molecule has 1 aliphatic rings. The van der Waals surface area contributed by atoms with E-state index in [0.29, 0.717) is 6.04 Å². The Morgan fingerprint density at radius 1 is 1.47 bits per heavy atom. The van der Waals surface area contributed by atoms with Crippen molar-refractivity contribution in [2.45, 2.75) is 31.7 Å². The van der Waals surface area contributed by atoms with Crippen molar-refractivity contribution in [3.63, 3.8) is 0 Å². The lowest BCUT2D eigenvalue weighted by Crippen LogP contribution is -2.35. The Labute approximate surface area is 109 Å². The van der Waals surface area contributed by atoms with Gasteiger partial charge in [-0.2, -0.15) is 0 Å². The molecule has 0 spiro atoms. The van der Waals surface area contributed by atoms with Crippen molar-refractivity contribution in [2.24, 2.45) is 0 Å². The Morgan fingerprint density at radius 3 is 3.24 bits per heavy atom. The number of hydrogen-bond acceptors (Lipinski definition) is 2. The van der Waals surface area contributed by atoms with Gasteiger partial charge in [0.25, 0.3) is 0 Å². The van der Waals surface area contributed by atoms with E-state index in [-0.39, 0.29) is 0 Å². The van der Waals surface area contributed by atoms with Crippen LogP contribution < -0.4 is 5.32 Å². The number of nitrogens with zero attached hydrogens (tertiary/aromatic N) is 2. The Bertz CT molecular complexity index is 514. The Hall–Kier alpha value is -0.870. The number of aromatic nitrogens is 2. The highest BCUT2D eigenvalue weighted by molar-refractivity contribution is 9.10. The van der Waals surface area contributed by atoms with Crippen molar-refractivity contribution < 1.29 is 0 Å². The second-order valence-corrected chi connectivity index (χ2v) is 5.61. The van der Waals surface area contributed by atoms with E-state index in [1.165, 1.54) is 25.0 Å². The molecular formula is C13H16BrN3. The summed E-state index contributed by atoms with van der Waals surface area (Å²) in [7, 11) is 0. The molecule has 2 aromatic heterocycles. The summed E-state index contributed by atoms with van der Waals surface area (Å²) in [5, 5.41) is 3.56. The lowest BCUT2D eigenvalue weighted by Gasteiger charge is -2.22. The van der Waals surface area contributed by atoms with Gasteiger partial charge >= 0.3 is 0 Å². The molecule has 0 amide bonds. The predicted octanol–water partition coefficient (Wildman–Crippen LogP) is 2.78. The van der Waals surface area contributed by atoms with Crippen LogP contribution in [-0.4, -0.2) is 22.0 Å². The monoisotopic (exact) mass is 293 g/mol. The highest BCUT2D eigenvalue weighted by atomic mass is 79.9. The standard InChI is InChI=1S/C13H16BrN3/c14-10-4-6-17-9-12(16-13(17)7-10)8-11-3-1-2-5-15-11/h4,6-7,9,11,15H,1-3,5,8H2. The molecular weight excluding hydrogens is 278 g/mol. The van der Waals surface area contributed by atoms with Crippen LogP contribution in [0.25, 0.3) is 5.65 Å². The van der Waals surface area contributed by atoms with Crippen molar-refractivity contribution in [2.75, 3.05) is 6.54 Å². The van der Waals surface area contributed by atoms with Gasteiger partial charge in [0.2, 0.25) is 0 Å². The smallest absolute Gasteiger partial charge is 0.138 e. The second kappa shape index (κ2) is 4.78. The number of fused-ring (bicyclic) bond motifs is 1. The fourth-order valence-electron chi connectivity index (χ4n) is 2.46. The molecule has 1 atom stereocenters. The fourth-order valence-corrected chi connectivity index (χ4v) is 2.78. The number of pyridine rings is 1. The molecule has 1 unspecified atom stereocenters. The molecule has 90 valence electrons. The van der Waals surface area contributed by atoms with E-state index >= 15 is 0 Å². The summed E-state index contributed by atoms with van der Waals surface area (Å²) in [5.74, 6) is 0. The van der Waals surface area contributed by atoms with E-state index in [2.05, 4.69) is 42.9 Å². The van der Waals surface area contributed by atoms with Crippen molar-refractivity contribution in [1.82, 2.24) is 14.7 Å². The molecule has 2 aromatic rings. The zero-order chi connectivity index (χ0) is 11.7. The van der Waals surface area contributed by atoms with E-state index in [1.54, 1.807) is 0 Å². The average Bonchev–Trinajstić information content (AvgIpc) is 2.71. The zero-order valence-electron chi connectivity index (χ0n) is 9.69. The first-order valence-corrected chi connectivity index (χ1v) is 6.97. The van der Waals surface area contributed by atoms with Crippen LogP contribution in [0.1, 0.15) is 25.0 Å². The van der Waals surface area contributed by atoms with Crippen LogP contribution in [0.5, 0.6) is 0 Å². The van der Waals surface area contributed by atoms with Gasteiger partial charge in [-0.1, -0.05) is 22.4 Å². The predicted molar refractivity (Wildman–Crippen MR) is 72.2 cm³/mol. The van der Waals surface area contributed by atoms with E-state index < -0.39 is 0 Å². The third-order valence-electron chi connectivity index (χ3n) is 3.34. The molecule has 0 saturated carbocycles. The maximum absolute atomic E-state index is 4.66. The summed E-state index contributed by atoms with van der Waals surface area (Å²) in [5.41, 5.74) is 2.20. The van der Waals surface area contributed by atoms with Crippen LogP contribution in [0, 0.1) is 0 Å². The lowest BCUT2D eigenvalue weighted by atomic mass is 10.0. The van der Waals surface area contributed by atoms with E-state index in [0.717, 1.165) is 23.1 Å². The molecule has 3 heterocycles. The van der Waals surface area contributed by atoms with Crippen LogP contribution in [0.15, 0.2) is 29.0 Å². The molecule has 0 aromatic carbocycles. The maximum atomic E-state index is 4.66. The van der Waals surface area contributed by atoms with Crippen molar-refractivity contribution in [3.8, 4) is 0 Å². The Morgan fingerprint density at radius 2 is 2.41 bits per heavy atom. The summed E-state index contributed by atoms with van der Waals surface area (Å²) < 4.78 is 3.17. The molecule has 4 heteroatoms. The van der Waals surface area contributed by atoms with Gasteiger partial charge < -0.3 is 9.72 Å². The summed E-state index contributed by atoms with van der Waals surface area (Å²) in [6.07, 6.45) is 9.16. The van der Waals surface area contributed by atoms with E-state index in [9.17, 15) is 0 Å². The van der Waals surface area contributed by atoms with Gasteiger partial charge in [0.1, 0.15) is 5.65 Å². The highest BCUT2D eigenvalue weighted by Crippen LogP contribution is 2.16. The van der Waals surface area contributed by atoms with E-state index in [1.807, 2.05) is 12.3 Å². The van der Waals surface area contributed by atoms with Crippen molar-refractivity contribution >= 4 is 21.6 Å². The number of piperidine rings is 1. The normalized spacial score (nSPS) is 20.9. The molecule has 1 N–H and O–H groups in total. The summed E-state index contributed by atoms with van der Waals surface area (Å²) in [4.78, 5) is 4.66. The average molecular weight is 294 g/mol. The third-order valence-corrected chi connectivity index (χ3v) is 3.83. The first-order valence-electron chi connectivity index (χ1n) is 6.18. The number of halogens is 1. The first kappa shape index (κ1) is 11.2. The van der Waals surface area contributed by atoms with Crippen LogP contribution in [0.4, 0.5) is 0 Å². The number of imidazole rings is 1. The van der Waals surface area contributed by atoms with Crippen LogP contribution in [-0.2, 0) is 6.42 Å². The van der Waals surface area contributed by atoms with E-state index in [4.69, 9.17) is 0 Å². The topological polar surface area (TPSA) is 29.3 Å². The van der Waals surface area contributed by atoms with Gasteiger partial charge in [-0.25, -0.2) is 4.98 Å². The minimum atomic E-state index is 0.608. The number of rotatable bonds is 2. The van der Waals surface area contributed by atoms with Crippen LogP contribution in [0.2, 0.25) is 0 Å². The van der Waals surface area contributed by atoms with Crippen LogP contribution in [0.3, 0.4) is 0 Å². The fraction of sp³-hybridized carbons (Fsp3) is 0.462. The largest absolute Gasteiger partial charge is 0.314 e. The SMILES string of the molecule is Brc1ccn2cc(CC3CCCCN3)nc2c1. The molecule has 1 aliphatic heterocycles. The van der Waals surface area contributed by atoms with Crippen LogP contribution >= 0.6 is 15.9 Å². The minimum absolute atomic E-state index is 0.608. The quantitative estimate of drug-likeness (QED) is 0.923. The molecule has 17 heavy (non-hydrogen) atoms. The highest BCUT2D eigenvalue weighted by Gasteiger charge is 2.14. The molecule has 0 bridgehead atoms. The molecule has 0 aliphatic carbocycles. The lowest BCUT2D eigenvalue weighted by molar-refractivity contribution is 0.397. The van der Waals surface area contributed by atoms with Gasteiger partial charge in [-0.3, -0.25) is 0 Å². The van der Waals surface area contributed by atoms with Gasteiger partial charge in [0.05, 0.1) is 5.69 Å². The zero-order valence-corrected chi connectivity index (χ0v) is 11.3. The molecule has 1 fully saturated rings. The number of nitrogens with one attached hydrogen (secondary N) is 1. The Kier molecular flexibility index (Phi) is 3.16. The van der Waals surface area contributed by atoms with Crippen molar-refractivity contribution in [1.29, 1.82) is 0 Å². The maximum Gasteiger partial charge on any atom is 0.138 e. The molecule has 3 nitrogen and oxygen atoms in total. The second-order valence-electron chi connectivity index (χ2n) is 4.69. The van der Waals surface area contributed by atoms with Gasteiger partial charge in [0.15, 0.2) is 0 Å². The van der Waals surface area contributed by atoms with Gasteiger partial charge in [-0.05, 0) is 31.5 Å². The summed E-state index contributed by atoms with van der Waals surface area (Å²) in [6.45, 7) is 1.16. The summed E-state index contributed by atoms with van der Waals surface area (Å²) >= 11 is 3.47. The third kappa shape index (κ3) is 2.53. The van der Waals surface area contributed by atoms with Gasteiger partial charge in [-0.15, -0.1) is 0 Å². The molecule has 0 radical (unpaired) electrons. The number of hydrogen-bond donors (Lipinski definition) is 1. The van der Waals surface area contributed by atoms with Gasteiger partial charge in [0, 0.05) is 29.3 Å². The first-order chi connectivity index (χ1) is 8.31. The van der Waals surface area contributed by atoms with Crippen molar-refractivity contribution in [3.05, 3.63) is 34.7 Å². The molecule has 3 rings (SSSR count). The molecule has 1 saturated heterocycles. The Balaban J connectivity index is 1.80. The summed E-state index contributed by atoms with van der Waals surface area (Å²) in [6, 6.07) is 4.70.